The van der Waals surface area contributed by atoms with Gasteiger partial charge in [-0.15, -0.1) is 10.2 Å². The minimum Gasteiger partial charge on any atom is -0.493 e. The second-order valence-corrected chi connectivity index (χ2v) is 8.04. The zero-order valence-corrected chi connectivity index (χ0v) is 19.2. The maximum atomic E-state index is 12.5. The Morgan fingerprint density at radius 3 is 2.30 bits per heavy atom. The van der Waals surface area contributed by atoms with Crippen LogP contribution < -0.4 is 14.8 Å². The third-order valence-corrected chi connectivity index (χ3v) is 5.88. The first-order valence-electron chi connectivity index (χ1n) is 10.4. The van der Waals surface area contributed by atoms with Crippen molar-refractivity contribution in [2.24, 2.45) is 0 Å². The van der Waals surface area contributed by atoms with Crippen molar-refractivity contribution in [3.05, 3.63) is 84.4 Å². The smallest absolute Gasteiger partial charge is 0.230 e. The fourth-order valence-electron chi connectivity index (χ4n) is 3.32. The van der Waals surface area contributed by atoms with Crippen LogP contribution in [-0.2, 0) is 11.3 Å². The molecule has 7 nitrogen and oxygen atoms in total. The van der Waals surface area contributed by atoms with Crippen LogP contribution in [0, 0.1) is 0 Å². The molecule has 0 aliphatic carbocycles. The van der Waals surface area contributed by atoms with E-state index in [4.69, 9.17) is 9.47 Å². The molecule has 1 amide bonds. The summed E-state index contributed by atoms with van der Waals surface area (Å²) in [6.07, 6.45) is 0. The SMILES string of the molecule is COc1ccc(CNC(=O)CSc2nnc(-c3ccccc3)n2-c2ccccc2)cc1OC. The van der Waals surface area contributed by atoms with Crippen molar-refractivity contribution >= 4 is 17.7 Å². The van der Waals surface area contributed by atoms with Crippen molar-refractivity contribution < 1.29 is 14.3 Å². The number of nitrogens with zero attached hydrogens (tertiary/aromatic N) is 3. The standard InChI is InChI=1S/C25H24N4O3S/c1-31-21-14-13-18(15-22(21)32-2)16-26-23(30)17-33-25-28-27-24(19-9-5-3-6-10-19)29(25)20-11-7-4-8-12-20/h3-15H,16-17H2,1-2H3,(H,26,30). The molecule has 33 heavy (non-hydrogen) atoms. The molecule has 0 aliphatic rings. The van der Waals surface area contributed by atoms with Crippen LogP contribution in [0.15, 0.2) is 84.0 Å². The highest BCUT2D eigenvalue weighted by atomic mass is 32.2. The summed E-state index contributed by atoms with van der Waals surface area (Å²) in [6.45, 7) is 0.389. The number of nitrogens with one attached hydrogen (secondary N) is 1. The lowest BCUT2D eigenvalue weighted by Crippen LogP contribution is -2.24. The Labute approximate surface area is 196 Å². The molecule has 1 aromatic heterocycles. The van der Waals surface area contributed by atoms with Crippen molar-refractivity contribution in [2.45, 2.75) is 11.7 Å². The number of rotatable bonds is 9. The van der Waals surface area contributed by atoms with Crippen molar-refractivity contribution in [1.82, 2.24) is 20.1 Å². The van der Waals surface area contributed by atoms with Gasteiger partial charge in [0.15, 0.2) is 22.5 Å². The van der Waals surface area contributed by atoms with E-state index in [0.29, 0.717) is 23.2 Å². The van der Waals surface area contributed by atoms with E-state index >= 15 is 0 Å². The first-order chi connectivity index (χ1) is 16.2. The Morgan fingerprint density at radius 1 is 0.909 bits per heavy atom. The molecule has 0 spiro atoms. The van der Waals surface area contributed by atoms with Gasteiger partial charge in [-0.3, -0.25) is 9.36 Å². The number of methoxy groups -OCH3 is 2. The number of para-hydroxylation sites is 1. The van der Waals surface area contributed by atoms with E-state index < -0.39 is 0 Å². The predicted molar refractivity (Wildman–Crippen MR) is 129 cm³/mol. The van der Waals surface area contributed by atoms with E-state index in [1.54, 1.807) is 14.2 Å². The molecule has 3 aromatic carbocycles. The third kappa shape index (κ3) is 5.35. The quantitative estimate of drug-likeness (QED) is 0.374. The van der Waals surface area contributed by atoms with E-state index in [-0.39, 0.29) is 11.7 Å². The number of aromatic nitrogens is 3. The van der Waals surface area contributed by atoms with Crippen LogP contribution >= 0.6 is 11.8 Å². The molecule has 0 fully saturated rings. The first-order valence-corrected chi connectivity index (χ1v) is 11.3. The van der Waals surface area contributed by atoms with Crippen LogP contribution in [0.1, 0.15) is 5.56 Å². The molecule has 0 saturated carbocycles. The summed E-state index contributed by atoms with van der Waals surface area (Å²) in [7, 11) is 3.18. The molecule has 168 valence electrons. The lowest BCUT2D eigenvalue weighted by Gasteiger charge is -2.11. The number of amides is 1. The molecule has 4 rings (SSSR count). The first kappa shape index (κ1) is 22.4. The van der Waals surface area contributed by atoms with E-state index in [2.05, 4.69) is 15.5 Å². The molecular formula is C25H24N4O3S. The summed E-state index contributed by atoms with van der Waals surface area (Å²) in [5.41, 5.74) is 2.82. The molecule has 4 aromatic rings. The molecule has 0 atom stereocenters. The fraction of sp³-hybridized carbons (Fsp3) is 0.160. The van der Waals surface area contributed by atoms with Gasteiger partial charge in [0.1, 0.15) is 0 Å². The highest BCUT2D eigenvalue weighted by Crippen LogP contribution is 2.29. The van der Waals surface area contributed by atoms with Gasteiger partial charge in [-0.2, -0.15) is 0 Å². The van der Waals surface area contributed by atoms with Crippen LogP contribution in [0.5, 0.6) is 11.5 Å². The number of benzene rings is 3. The molecular weight excluding hydrogens is 436 g/mol. The van der Waals surface area contributed by atoms with E-state index in [0.717, 1.165) is 22.6 Å². The summed E-state index contributed by atoms with van der Waals surface area (Å²) in [4.78, 5) is 12.5. The van der Waals surface area contributed by atoms with E-state index in [1.165, 1.54) is 11.8 Å². The second-order valence-electron chi connectivity index (χ2n) is 7.10. The van der Waals surface area contributed by atoms with Crippen molar-refractivity contribution in [3.63, 3.8) is 0 Å². The maximum Gasteiger partial charge on any atom is 0.230 e. The summed E-state index contributed by atoms with van der Waals surface area (Å²) in [5.74, 6) is 2.13. The van der Waals surface area contributed by atoms with Gasteiger partial charge < -0.3 is 14.8 Å². The van der Waals surface area contributed by atoms with Crippen molar-refractivity contribution in [3.8, 4) is 28.6 Å². The number of carbonyl (C=O) groups excluding carboxylic acids is 1. The van der Waals surface area contributed by atoms with Gasteiger partial charge in [-0.05, 0) is 29.8 Å². The highest BCUT2D eigenvalue weighted by Gasteiger charge is 2.17. The summed E-state index contributed by atoms with van der Waals surface area (Å²) in [5, 5.41) is 12.4. The summed E-state index contributed by atoms with van der Waals surface area (Å²) in [6, 6.07) is 25.3. The Balaban J connectivity index is 1.46. The van der Waals surface area contributed by atoms with Gasteiger partial charge in [-0.25, -0.2) is 0 Å². The second kappa shape index (κ2) is 10.7. The Morgan fingerprint density at radius 2 is 1.61 bits per heavy atom. The number of hydrogen-bond acceptors (Lipinski definition) is 6. The van der Waals surface area contributed by atoms with E-state index in [1.807, 2.05) is 83.4 Å². The van der Waals surface area contributed by atoms with Gasteiger partial charge >= 0.3 is 0 Å². The molecule has 0 bridgehead atoms. The lowest BCUT2D eigenvalue weighted by molar-refractivity contribution is -0.118. The third-order valence-electron chi connectivity index (χ3n) is 4.95. The van der Waals surface area contributed by atoms with Gasteiger partial charge in [0.05, 0.1) is 20.0 Å². The minimum absolute atomic E-state index is 0.0985. The monoisotopic (exact) mass is 460 g/mol. The lowest BCUT2D eigenvalue weighted by atomic mass is 10.2. The van der Waals surface area contributed by atoms with Gasteiger partial charge in [0.2, 0.25) is 5.91 Å². The maximum absolute atomic E-state index is 12.5. The van der Waals surface area contributed by atoms with Crippen molar-refractivity contribution in [2.75, 3.05) is 20.0 Å². The zero-order chi connectivity index (χ0) is 23.0. The molecule has 0 aliphatic heterocycles. The normalized spacial score (nSPS) is 10.6. The predicted octanol–water partition coefficient (Wildman–Crippen LogP) is 4.36. The zero-order valence-electron chi connectivity index (χ0n) is 18.4. The number of ether oxygens (including phenoxy) is 2. The van der Waals surface area contributed by atoms with Crippen LogP contribution in [0.2, 0.25) is 0 Å². The molecule has 8 heteroatoms. The molecule has 0 unspecified atom stereocenters. The fourth-order valence-corrected chi connectivity index (χ4v) is 4.10. The number of hydrogen-bond donors (Lipinski definition) is 1. The molecule has 0 radical (unpaired) electrons. The Bertz CT molecular complexity index is 1210. The molecule has 1 heterocycles. The van der Waals surface area contributed by atoms with Gasteiger partial charge in [-0.1, -0.05) is 66.4 Å². The summed E-state index contributed by atoms with van der Waals surface area (Å²) < 4.78 is 12.6. The summed E-state index contributed by atoms with van der Waals surface area (Å²) >= 11 is 1.35. The minimum atomic E-state index is -0.0985. The highest BCUT2D eigenvalue weighted by molar-refractivity contribution is 7.99. The van der Waals surface area contributed by atoms with Crippen LogP contribution in [0.4, 0.5) is 0 Å². The van der Waals surface area contributed by atoms with E-state index in [9.17, 15) is 4.79 Å². The van der Waals surface area contributed by atoms with Crippen LogP contribution in [0.3, 0.4) is 0 Å². The topological polar surface area (TPSA) is 78.3 Å². The average Bonchev–Trinajstić information content (AvgIpc) is 3.31. The Hall–Kier alpha value is -3.78. The van der Waals surface area contributed by atoms with Gasteiger partial charge in [0, 0.05) is 17.8 Å². The van der Waals surface area contributed by atoms with Crippen molar-refractivity contribution in [1.29, 1.82) is 0 Å². The van der Waals surface area contributed by atoms with Crippen LogP contribution in [0.25, 0.3) is 17.1 Å². The molecule has 1 N–H and O–H groups in total. The van der Waals surface area contributed by atoms with Crippen LogP contribution in [-0.4, -0.2) is 40.6 Å². The average molecular weight is 461 g/mol. The Kier molecular flexibility index (Phi) is 7.26. The number of carbonyl (C=O) groups is 1. The molecule has 0 saturated heterocycles. The van der Waals surface area contributed by atoms with Gasteiger partial charge in [0.25, 0.3) is 0 Å². The number of thioether (sulfide) groups is 1. The largest absolute Gasteiger partial charge is 0.493 e.